The van der Waals surface area contributed by atoms with E-state index in [0.29, 0.717) is 6.54 Å². The molecule has 2 heterocycles. The first kappa shape index (κ1) is 15.9. The van der Waals surface area contributed by atoms with Crippen molar-refractivity contribution in [3.63, 3.8) is 0 Å². The van der Waals surface area contributed by atoms with Crippen LogP contribution in [0, 0.1) is 6.92 Å². The van der Waals surface area contributed by atoms with Gasteiger partial charge in [0, 0.05) is 17.9 Å². The molecule has 0 atom stereocenters. The van der Waals surface area contributed by atoms with Gasteiger partial charge in [-0.1, -0.05) is 35.9 Å². The van der Waals surface area contributed by atoms with Crippen molar-refractivity contribution < 1.29 is 9.59 Å². The second-order valence-corrected chi connectivity index (χ2v) is 7.46. The second-order valence-electron chi connectivity index (χ2n) is 7.46. The number of hydrogen-bond acceptors (Lipinski definition) is 2. The molecule has 2 aromatic carbocycles. The summed E-state index contributed by atoms with van der Waals surface area (Å²) in [5, 5.41) is 0. The highest BCUT2D eigenvalue weighted by atomic mass is 16.2. The Bertz CT molecular complexity index is 885. The van der Waals surface area contributed by atoms with E-state index in [9.17, 15) is 9.59 Å². The molecule has 0 fully saturated rings. The number of carbonyl (C=O) groups excluding carboxylic acids is 2. The molecule has 2 aliphatic heterocycles. The fourth-order valence-electron chi connectivity index (χ4n) is 3.92. The Morgan fingerprint density at radius 1 is 1.12 bits per heavy atom. The van der Waals surface area contributed by atoms with Crippen LogP contribution in [0.3, 0.4) is 0 Å². The molecule has 4 rings (SSSR count). The molecule has 0 N–H and O–H groups in total. The van der Waals surface area contributed by atoms with Gasteiger partial charge in [0.15, 0.2) is 0 Å². The van der Waals surface area contributed by atoms with E-state index in [4.69, 9.17) is 0 Å². The average Bonchev–Trinajstić information content (AvgIpc) is 3.09. The van der Waals surface area contributed by atoms with Crippen molar-refractivity contribution in [3.8, 4) is 0 Å². The van der Waals surface area contributed by atoms with Gasteiger partial charge in [0.05, 0.1) is 5.41 Å². The largest absolute Gasteiger partial charge is 0.310 e. The molecule has 0 saturated heterocycles. The van der Waals surface area contributed by atoms with Gasteiger partial charge in [0.2, 0.25) is 11.8 Å². The predicted molar refractivity (Wildman–Crippen MR) is 99.1 cm³/mol. The summed E-state index contributed by atoms with van der Waals surface area (Å²) in [6.45, 7) is 6.67. The quantitative estimate of drug-likeness (QED) is 0.846. The van der Waals surface area contributed by atoms with Gasteiger partial charge in [0.25, 0.3) is 0 Å². The maximum Gasteiger partial charge on any atom is 0.247 e. The van der Waals surface area contributed by atoms with Gasteiger partial charge >= 0.3 is 0 Å². The SMILES string of the molecule is Cc1ccc2c(c1)C(C)(C)C(=O)N2CC(=O)N1CCc2ccccc21. The van der Waals surface area contributed by atoms with Crippen molar-refractivity contribution in [2.45, 2.75) is 32.6 Å². The minimum Gasteiger partial charge on any atom is -0.310 e. The first-order chi connectivity index (χ1) is 11.9. The minimum absolute atomic E-state index is 0.00562. The molecule has 0 saturated carbocycles. The normalized spacial score (nSPS) is 17.6. The molecule has 0 aromatic heterocycles. The predicted octanol–water partition coefficient (Wildman–Crippen LogP) is 3.21. The van der Waals surface area contributed by atoms with E-state index in [1.807, 2.05) is 56.0 Å². The minimum atomic E-state index is -0.593. The van der Waals surface area contributed by atoms with Crippen LogP contribution in [0.2, 0.25) is 0 Å². The Hall–Kier alpha value is -2.62. The molecule has 2 aliphatic rings. The van der Waals surface area contributed by atoms with E-state index >= 15 is 0 Å². The van der Waals surface area contributed by atoms with Crippen molar-refractivity contribution in [2.24, 2.45) is 0 Å². The number of aryl methyl sites for hydroxylation is 1. The zero-order chi connectivity index (χ0) is 17.8. The number of amides is 2. The number of fused-ring (bicyclic) bond motifs is 2. The standard InChI is InChI=1S/C21H22N2O2/c1-14-8-9-18-16(12-14)21(2,3)20(25)23(18)13-19(24)22-11-10-15-6-4-5-7-17(15)22/h4-9,12H,10-11,13H2,1-3H3. The molecule has 128 valence electrons. The van der Waals surface area contributed by atoms with Crippen molar-refractivity contribution >= 4 is 23.2 Å². The van der Waals surface area contributed by atoms with E-state index in [1.165, 1.54) is 5.56 Å². The molecule has 0 unspecified atom stereocenters. The first-order valence-corrected chi connectivity index (χ1v) is 8.71. The maximum atomic E-state index is 12.9. The van der Waals surface area contributed by atoms with Gasteiger partial charge in [-0.25, -0.2) is 0 Å². The van der Waals surface area contributed by atoms with Gasteiger partial charge < -0.3 is 9.80 Å². The monoisotopic (exact) mass is 334 g/mol. The van der Waals surface area contributed by atoms with E-state index in [2.05, 4.69) is 12.1 Å². The lowest BCUT2D eigenvalue weighted by molar-refractivity contribution is -0.124. The lowest BCUT2D eigenvalue weighted by Crippen LogP contribution is -2.44. The van der Waals surface area contributed by atoms with Crippen LogP contribution in [0.5, 0.6) is 0 Å². The third-order valence-corrected chi connectivity index (χ3v) is 5.38. The Labute approximate surface area is 148 Å². The van der Waals surface area contributed by atoms with E-state index in [-0.39, 0.29) is 18.4 Å². The first-order valence-electron chi connectivity index (χ1n) is 8.71. The van der Waals surface area contributed by atoms with E-state index in [1.54, 1.807) is 4.90 Å². The number of anilines is 2. The van der Waals surface area contributed by atoms with Crippen LogP contribution in [0.15, 0.2) is 42.5 Å². The highest BCUT2D eigenvalue weighted by Gasteiger charge is 2.44. The third kappa shape index (κ3) is 2.36. The zero-order valence-electron chi connectivity index (χ0n) is 14.9. The topological polar surface area (TPSA) is 40.6 Å². The summed E-state index contributed by atoms with van der Waals surface area (Å²) < 4.78 is 0. The third-order valence-electron chi connectivity index (χ3n) is 5.38. The Balaban J connectivity index is 1.64. The Morgan fingerprint density at radius 2 is 1.88 bits per heavy atom. The van der Waals surface area contributed by atoms with Gasteiger partial charge in [-0.2, -0.15) is 0 Å². The molecule has 0 bridgehead atoms. The number of benzene rings is 2. The van der Waals surface area contributed by atoms with Crippen molar-refractivity contribution in [1.29, 1.82) is 0 Å². The molecule has 4 nitrogen and oxygen atoms in total. The second kappa shape index (κ2) is 5.45. The number of nitrogens with zero attached hydrogens (tertiary/aromatic N) is 2. The van der Waals surface area contributed by atoms with Crippen LogP contribution in [-0.4, -0.2) is 24.9 Å². The number of hydrogen-bond donors (Lipinski definition) is 0. The Morgan fingerprint density at radius 3 is 2.68 bits per heavy atom. The fourth-order valence-corrected chi connectivity index (χ4v) is 3.92. The molecular weight excluding hydrogens is 312 g/mol. The van der Waals surface area contributed by atoms with Crippen LogP contribution in [0.4, 0.5) is 11.4 Å². The lowest BCUT2D eigenvalue weighted by Gasteiger charge is -2.24. The molecule has 2 aromatic rings. The molecule has 0 aliphatic carbocycles. The molecule has 4 heteroatoms. The summed E-state index contributed by atoms with van der Waals surface area (Å²) in [6, 6.07) is 14.0. The highest BCUT2D eigenvalue weighted by Crippen LogP contribution is 2.42. The van der Waals surface area contributed by atoms with Gasteiger partial charge in [-0.3, -0.25) is 9.59 Å². The molecule has 0 spiro atoms. The lowest BCUT2D eigenvalue weighted by atomic mass is 9.85. The van der Waals surface area contributed by atoms with Crippen LogP contribution < -0.4 is 9.80 Å². The van der Waals surface area contributed by atoms with Crippen LogP contribution in [-0.2, 0) is 21.4 Å². The zero-order valence-corrected chi connectivity index (χ0v) is 14.9. The number of rotatable bonds is 2. The fraction of sp³-hybridized carbons (Fsp3) is 0.333. The summed E-state index contributed by atoms with van der Waals surface area (Å²) in [4.78, 5) is 29.3. The smallest absolute Gasteiger partial charge is 0.247 e. The van der Waals surface area contributed by atoms with Crippen LogP contribution in [0.25, 0.3) is 0 Å². The number of para-hydroxylation sites is 1. The summed E-state index contributed by atoms with van der Waals surface area (Å²) >= 11 is 0. The summed E-state index contributed by atoms with van der Waals surface area (Å²) in [5.74, 6) is -0.0311. The number of carbonyl (C=O) groups is 2. The van der Waals surface area contributed by atoms with E-state index < -0.39 is 5.41 Å². The van der Waals surface area contributed by atoms with Crippen molar-refractivity contribution in [2.75, 3.05) is 22.9 Å². The van der Waals surface area contributed by atoms with Crippen molar-refractivity contribution in [1.82, 2.24) is 0 Å². The van der Waals surface area contributed by atoms with Crippen LogP contribution in [0.1, 0.15) is 30.5 Å². The molecule has 25 heavy (non-hydrogen) atoms. The average molecular weight is 334 g/mol. The summed E-state index contributed by atoms with van der Waals surface area (Å²) in [7, 11) is 0. The van der Waals surface area contributed by atoms with E-state index in [0.717, 1.165) is 28.9 Å². The van der Waals surface area contributed by atoms with Gasteiger partial charge in [0.1, 0.15) is 6.54 Å². The van der Waals surface area contributed by atoms with Crippen molar-refractivity contribution in [3.05, 3.63) is 59.2 Å². The van der Waals surface area contributed by atoms with Gasteiger partial charge in [-0.05, 0) is 50.5 Å². The highest BCUT2D eigenvalue weighted by molar-refractivity contribution is 6.12. The Kier molecular flexibility index (Phi) is 3.46. The molecular formula is C21H22N2O2. The van der Waals surface area contributed by atoms with Crippen LogP contribution >= 0.6 is 0 Å². The molecule has 2 amide bonds. The summed E-state index contributed by atoms with van der Waals surface area (Å²) in [6.07, 6.45) is 0.872. The van der Waals surface area contributed by atoms with Gasteiger partial charge in [-0.15, -0.1) is 0 Å². The maximum absolute atomic E-state index is 12.9. The summed E-state index contributed by atoms with van der Waals surface area (Å²) in [5.41, 5.74) is 4.57. The molecule has 0 radical (unpaired) electrons.